The summed E-state index contributed by atoms with van der Waals surface area (Å²) < 4.78 is 35.9. The van der Waals surface area contributed by atoms with Gasteiger partial charge in [0, 0.05) is 12.3 Å². The molecule has 1 heterocycles. The molecule has 0 spiro atoms. The van der Waals surface area contributed by atoms with Crippen molar-refractivity contribution in [1.29, 1.82) is 0 Å². The van der Waals surface area contributed by atoms with Gasteiger partial charge in [0.1, 0.15) is 5.76 Å². The largest absolute Gasteiger partial charge is 0.463 e. The number of rotatable bonds is 8. The van der Waals surface area contributed by atoms with E-state index in [4.69, 9.17) is 18.5 Å². The van der Waals surface area contributed by atoms with Crippen LogP contribution in [0.4, 0.5) is 0 Å². The molecule has 7 heteroatoms. The molecule has 1 aliphatic heterocycles. The second-order valence-electron chi connectivity index (χ2n) is 7.50. The average Bonchev–Trinajstić information content (AvgIpc) is 2.60. The lowest BCUT2D eigenvalue weighted by atomic mass is 9.92. The number of hydrogen-bond donors (Lipinski definition) is 0. The zero-order chi connectivity index (χ0) is 21.6. The van der Waals surface area contributed by atoms with Crippen LogP contribution in [0.25, 0.3) is 0 Å². The fourth-order valence-electron chi connectivity index (χ4n) is 3.01. The van der Waals surface area contributed by atoms with Crippen molar-refractivity contribution in [3.63, 3.8) is 0 Å². The number of ether oxygens (including phenoxy) is 2. The van der Waals surface area contributed by atoms with Gasteiger partial charge in [-0.1, -0.05) is 29.8 Å². The van der Waals surface area contributed by atoms with Crippen molar-refractivity contribution in [2.75, 3.05) is 6.61 Å². The van der Waals surface area contributed by atoms with Gasteiger partial charge in [-0.05, 0) is 53.2 Å². The Morgan fingerprint density at radius 1 is 1.24 bits per heavy atom. The third-order valence-corrected chi connectivity index (χ3v) is 6.18. The maximum atomic E-state index is 13.6. The smallest absolute Gasteiger partial charge is 0.396 e. The van der Waals surface area contributed by atoms with E-state index in [1.54, 1.807) is 40.7 Å². The number of carbonyl (C=O) groups is 1. The second-order valence-corrected chi connectivity index (χ2v) is 9.36. The molecule has 0 amide bonds. The molecule has 0 N–H and O–H groups in total. The fraction of sp³-hybridized carbons (Fsp3) is 0.500. The van der Waals surface area contributed by atoms with E-state index in [0.29, 0.717) is 12.2 Å². The maximum Gasteiger partial charge on any atom is 0.396 e. The average molecular weight is 422 g/mol. The molecule has 0 saturated carbocycles. The van der Waals surface area contributed by atoms with Crippen LogP contribution in [0.15, 0.2) is 47.7 Å². The Kier molecular flexibility index (Phi) is 8.26. The lowest BCUT2D eigenvalue weighted by molar-refractivity contribution is -0.137. The van der Waals surface area contributed by atoms with Crippen molar-refractivity contribution in [2.45, 2.75) is 66.1 Å². The zero-order valence-corrected chi connectivity index (χ0v) is 18.9. The van der Waals surface area contributed by atoms with E-state index >= 15 is 0 Å². The van der Waals surface area contributed by atoms with E-state index in [2.05, 4.69) is 6.07 Å². The molecule has 1 aromatic rings. The summed E-state index contributed by atoms with van der Waals surface area (Å²) in [7, 11) is -3.73. The first-order valence-electron chi connectivity index (χ1n) is 9.94. The van der Waals surface area contributed by atoms with Gasteiger partial charge in [-0.15, -0.1) is 0 Å². The summed E-state index contributed by atoms with van der Waals surface area (Å²) >= 11 is 0. The van der Waals surface area contributed by atoms with Crippen LogP contribution in [0.5, 0.6) is 0 Å². The number of benzene rings is 1. The minimum atomic E-state index is -3.73. The molecular weight excluding hydrogens is 391 g/mol. The number of aryl methyl sites for hydroxylation is 1. The van der Waals surface area contributed by atoms with E-state index in [9.17, 15) is 9.36 Å². The monoisotopic (exact) mass is 422 g/mol. The highest BCUT2D eigenvalue weighted by molar-refractivity contribution is 7.58. The predicted molar refractivity (Wildman–Crippen MR) is 112 cm³/mol. The Bertz CT molecular complexity index is 810. The fourth-order valence-corrected chi connectivity index (χ4v) is 4.97. The maximum absolute atomic E-state index is 13.6. The minimum absolute atomic E-state index is 0.105. The minimum Gasteiger partial charge on any atom is -0.463 e. The van der Waals surface area contributed by atoms with Crippen molar-refractivity contribution in [1.82, 2.24) is 0 Å². The highest BCUT2D eigenvalue weighted by Gasteiger charge is 2.39. The summed E-state index contributed by atoms with van der Waals surface area (Å²) in [6.07, 6.45) is 2.86. The summed E-state index contributed by atoms with van der Waals surface area (Å²) in [5, 5.41) is 0. The Balaban J connectivity index is 2.50. The molecule has 1 atom stereocenters. The van der Waals surface area contributed by atoms with Gasteiger partial charge in [0.25, 0.3) is 0 Å². The van der Waals surface area contributed by atoms with Crippen molar-refractivity contribution in [2.24, 2.45) is 0 Å². The van der Waals surface area contributed by atoms with E-state index in [-0.39, 0.29) is 30.2 Å². The Morgan fingerprint density at radius 2 is 1.90 bits per heavy atom. The van der Waals surface area contributed by atoms with Crippen molar-refractivity contribution < 1.29 is 27.9 Å². The molecule has 6 nitrogen and oxygen atoms in total. The molecule has 1 unspecified atom stereocenters. The van der Waals surface area contributed by atoms with E-state index in [1.165, 1.54) is 6.08 Å². The normalized spacial score (nSPS) is 18.7. The van der Waals surface area contributed by atoms with Crippen molar-refractivity contribution >= 4 is 13.6 Å². The molecular formula is C22H31O6P. The summed E-state index contributed by atoms with van der Waals surface area (Å²) in [6.45, 7) is 11.1. The van der Waals surface area contributed by atoms with Crippen LogP contribution in [0.3, 0.4) is 0 Å². The second kappa shape index (κ2) is 10.2. The lowest BCUT2D eigenvalue weighted by Gasteiger charge is -2.30. The first kappa shape index (κ1) is 23.4. The van der Waals surface area contributed by atoms with Crippen LogP contribution in [0, 0.1) is 6.92 Å². The van der Waals surface area contributed by atoms with Gasteiger partial charge >= 0.3 is 13.6 Å². The lowest BCUT2D eigenvalue weighted by Crippen LogP contribution is -2.16. The SMILES string of the molecule is CCOC(=O)/C=C1\CC(c2cccc(C)c2)C=C(P(=O)(OC(C)C)OC(C)C)O1. The molecule has 0 saturated heterocycles. The first-order chi connectivity index (χ1) is 13.6. The van der Waals surface area contributed by atoms with Gasteiger partial charge in [0.15, 0.2) is 0 Å². The summed E-state index contributed by atoms with van der Waals surface area (Å²) in [5.74, 6) is -0.275. The Hall–Kier alpha value is -1.88. The highest BCUT2D eigenvalue weighted by atomic mass is 31.2. The molecule has 1 aromatic carbocycles. The number of allylic oxidation sites excluding steroid dienone is 2. The molecule has 1 aliphatic rings. The summed E-state index contributed by atoms with van der Waals surface area (Å²) in [6, 6.07) is 8.04. The Morgan fingerprint density at radius 3 is 2.45 bits per heavy atom. The third kappa shape index (κ3) is 6.84. The standard InChI is InChI=1S/C22H31O6P/c1-7-25-21(23)14-20-12-19(18-10-8-9-17(6)11-18)13-22(26-20)29(24,27-15(2)3)28-16(4)5/h8-11,13-16,19H,7,12H2,1-6H3/b20-14+. The third-order valence-electron chi connectivity index (χ3n) is 4.01. The van der Waals surface area contributed by atoms with Crippen LogP contribution in [-0.2, 0) is 27.9 Å². The molecule has 0 fully saturated rings. The van der Waals surface area contributed by atoms with Gasteiger partial charge in [-0.3, -0.25) is 4.57 Å². The molecule has 0 bridgehead atoms. The van der Waals surface area contributed by atoms with Crippen LogP contribution >= 0.6 is 7.60 Å². The van der Waals surface area contributed by atoms with E-state index in [1.807, 2.05) is 25.1 Å². The van der Waals surface area contributed by atoms with Crippen LogP contribution in [0.1, 0.15) is 58.1 Å². The van der Waals surface area contributed by atoms with Crippen LogP contribution in [-0.4, -0.2) is 24.8 Å². The molecule has 0 aromatic heterocycles. The Labute approximate surface area is 173 Å². The van der Waals surface area contributed by atoms with Gasteiger partial charge < -0.3 is 18.5 Å². The van der Waals surface area contributed by atoms with Gasteiger partial charge in [0.2, 0.25) is 5.50 Å². The predicted octanol–water partition coefficient (Wildman–Crippen LogP) is 5.83. The molecule has 0 radical (unpaired) electrons. The zero-order valence-electron chi connectivity index (χ0n) is 18.0. The molecule has 160 valence electrons. The summed E-state index contributed by atoms with van der Waals surface area (Å²) in [4.78, 5) is 12.0. The highest BCUT2D eigenvalue weighted by Crippen LogP contribution is 2.61. The number of carbonyl (C=O) groups excluding carboxylic acids is 1. The van der Waals surface area contributed by atoms with E-state index in [0.717, 1.165) is 11.1 Å². The molecule has 0 aliphatic carbocycles. The first-order valence-corrected chi connectivity index (χ1v) is 11.5. The topological polar surface area (TPSA) is 71.1 Å². The van der Waals surface area contributed by atoms with E-state index < -0.39 is 13.6 Å². The number of hydrogen-bond acceptors (Lipinski definition) is 6. The quantitative estimate of drug-likeness (QED) is 0.298. The van der Waals surface area contributed by atoms with Gasteiger partial charge in [-0.25, -0.2) is 4.79 Å². The van der Waals surface area contributed by atoms with Crippen LogP contribution in [0.2, 0.25) is 0 Å². The van der Waals surface area contributed by atoms with Gasteiger partial charge in [-0.2, -0.15) is 0 Å². The van der Waals surface area contributed by atoms with Crippen molar-refractivity contribution in [3.8, 4) is 0 Å². The number of esters is 1. The van der Waals surface area contributed by atoms with Crippen LogP contribution < -0.4 is 0 Å². The molecule has 2 rings (SSSR count). The van der Waals surface area contributed by atoms with Crippen molar-refractivity contribution in [3.05, 3.63) is 58.8 Å². The molecule has 29 heavy (non-hydrogen) atoms. The van der Waals surface area contributed by atoms with Gasteiger partial charge in [0.05, 0.1) is 24.9 Å². The summed E-state index contributed by atoms with van der Waals surface area (Å²) in [5.41, 5.74) is 2.24.